The van der Waals surface area contributed by atoms with E-state index in [9.17, 15) is 4.39 Å². The molecule has 14 heavy (non-hydrogen) atoms. The average Bonchev–Trinajstić information content (AvgIpc) is 2.65. The molecule has 0 N–H and O–H groups in total. The van der Waals surface area contributed by atoms with Gasteiger partial charge >= 0.3 is 0 Å². The van der Waals surface area contributed by atoms with Gasteiger partial charge in [-0.2, -0.15) is 4.98 Å². The lowest BCUT2D eigenvalue weighted by molar-refractivity contribution is 0.425. The van der Waals surface area contributed by atoms with Gasteiger partial charge in [-0.1, -0.05) is 17.3 Å². The summed E-state index contributed by atoms with van der Waals surface area (Å²) in [6.07, 6.45) is 0. The van der Waals surface area contributed by atoms with Gasteiger partial charge in [-0.15, -0.1) is 0 Å². The van der Waals surface area contributed by atoms with E-state index < -0.39 is 6.67 Å². The molecule has 0 saturated carbocycles. The zero-order valence-electron chi connectivity index (χ0n) is 7.70. The molecule has 0 aliphatic carbocycles. The van der Waals surface area contributed by atoms with Crippen molar-refractivity contribution in [1.82, 2.24) is 10.1 Å². The SMILES string of the molecule is Cc1noc(-c2ccc(CF)cc2)n1. The summed E-state index contributed by atoms with van der Waals surface area (Å²) in [5.41, 5.74) is 1.45. The minimum absolute atomic E-state index is 0.455. The largest absolute Gasteiger partial charge is 0.334 e. The van der Waals surface area contributed by atoms with Crippen molar-refractivity contribution in [1.29, 1.82) is 0 Å². The van der Waals surface area contributed by atoms with Gasteiger partial charge in [0.05, 0.1) is 0 Å². The molecule has 0 radical (unpaired) electrons. The Hall–Kier alpha value is -1.71. The van der Waals surface area contributed by atoms with Crippen LogP contribution in [0.25, 0.3) is 11.5 Å². The number of alkyl halides is 1. The van der Waals surface area contributed by atoms with Crippen LogP contribution in [0.2, 0.25) is 0 Å². The topological polar surface area (TPSA) is 38.9 Å². The summed E-state index contributed by atoms with van der Waals surface area (Å²) in [7, 11) is 0. The number of rotatable bonds is 2. The number of benzene rings is 1. The third kappa shape index (κ3) is 1.64. The molecule has 0 aliphatic heterocycles. The second kappa shape index (κ2) is 3.57. The smallest absolute Gasteiger partial charge is 0.257 e. The van der Waals surface area contributed by atoms with Gasteiger partial charge in [0, 0.05) is 5.56 Å². The normalized spacial score (nSPS) is 10.4. The first-order valence-electron chi connectivity index (χ1n) is 4.25. The monoisotopic (exact) mass is 192 g/mol. The van der Waals surface area contributed by atoms with Crippen molar-refractivity contribution in [2.24, 2.45) is 0 Å². The number of hydrogen-bond donors (Lipinski definition) is 0. The molecule has 0 aliphatic rings. The van der Waals surface area contributed by atoms with Crippen LogP contribution in [0.4, 0.5) is 4.39 Å². The molecule has 0 fully saturated rings. The first-order valence-corrected chi connectivity index (χ1v) is 4.25. The Balaban J connectivity index is 2.33. The van der Waals surface area contributed by atoms with Gasteiger partial charge in [0.25, 0.3) is 5.89 Å². The fourth-order valence-electron chi connectivity index (χ4n) is 1.15. The maximum atomic E-state index is 12.2. The molecule has 2 aromatic rings. The highest BCUT2D eigenvalue weighted by Gasteiger charge is 2.05. The van der Waals surface area contributed by atoms with Gasteiger partial charge in [-0.05, 0) is 24.6 Å². The predicted molar refractivity (Wildman–Crippen MR) is 49.3 cm³/mol. The van der Waals surface area contributed by atoms with Crippen LogP contribution in [0.1, 0.15) is 11.4 Å². The van der Waals surface area contributed by atoms with Crippen molar-refractivity contribution in [3.63, 3.8) is 0 Å². The standard InChI is InChI=1S/C10H9FN2O/c1-7-12-10(14-13-7)9-4-2-8(6-11)3-5-9/h2-5H,6H2,1H3. The van der Waals surface area contributed by atoms with Crippen LogP contribution in [-0.4, -0.2) is 10.1 Å². The number of nitrogens with zero attached hydrogens (tertiary/aromatic N) is 2. The van der Waals surface area contributed by atoms with Gasteiger partial charge < -0.3 is 4.52 Å². The molecular formula is C10H9FN2O. The van der Waals surface area contributed by atoms with Crippen molar-refractivity contribution in [2.45, 2.75) is 13.6 Å². The van der Waals surface area contributed by atoms with Crippen LogP contribution < -0.4 is 0 Å². The minimum Gasteiger partial charge on any atom is -0.334 e. The van der Waals surface area contributed by atoms with Crippen molar-refractivity contribution >= 4 is 0 Å². The fourth-order valence-corrected chi connectivity index (χ4v) is 1.15. The average molecular weight is 192 g/mol. The summed E-state index contributed by atoms with van der Waals surface area (Å²) >= 11 is 0. The molecule has 0 bridgehead atoms. The van der Waals surface area contributed by atoms with E-state index in [1.807, 2.05) is 0 Å². The Bertz CT molecular complexity index is 422. The number of hydrogen-bond acceptors (Lipinski definition) is 3. The molecular weight excluding hydrogens is 183 g/mol. The van der Waals surface area contributed by atoms with E-state index in [1.165, 1.54) is 0 Å². The van der Waals surface area contributed by atoms with Crippen molar-refractivity contribution in [3.05, 3.63) is 35.7 Å². The molecule has 0 spiro atoms. The highest BCUT2D eigenvalue weighted by molar-refractivity contribution is 5.53. The molecule has 72 valence electrons. The lowest BCUT2D eigenvalue weighted by Gasteiger charge is -1.95. The Kier molecular flexibility index (Phi) is 2.26. The first-order chi connectivity index (χ1) is 6.79. The second-order valence-corrected chi connectivity index (χ2v) is 2.98. The van der Waals surface area contributed by atoms with Crippen LogP contribution in [0, 0.1) is 6.92 Å². The second-order valence-electron chi connectivity index (χ2n) is 2.98. The molecule has 1 heterocycles. The predicted octanol–water partition coefficient (Wildman–Crippen LogP) is 2.51. The van der Waals surface area contributed by atoms with E-state index in [4.69, 9.17) is 4.52 Å². The quantitative estimate of drug-likeness (QED) is 0.733. The number of halogens is 1. The van der Waals surface area contributed by atoms with E-state index in [0.29, 0.717) is 17.3 Å². The van der Waals surface area contributed by atoms with E-state index in [1.54, 1.807) is 31.2 Å². The van der Waals surface area contributed by atoms with E-state index >= 15 is 0 Å². The van der Waals surface area contributed by atoms with Gasteiger partial charge in [-0.3, -0.25) is 0 Å². The third-order valence-electron chi connectivity index (χ3n) is 1.88. The van der Waals surface area contributed by atoms with Crippen LogP contribution in [0.3, 0.4) is 0 Å². The van der Waals surface area contributed by atoms with Gasteiger partial charge in [0.15, 0.2) is 5.82 Å². The zero-order chi connectivity index (χ0) is 9.97. The molecule has 4 heteroatoms. The summed E-state index contributed by atoms with van der Waals surface area (Å²) < 4.78 is 17.2. The van der Waals surface area contributed by atoms with Crippen LogP contribution in [0.15, 0.2) is 28.8 Å². The molecule has 1 aromatic carbocycles. The Labute approximate surface area is 80.6 Å². The van der Waals surface area contributed by atoms with Crippen LogP contribution in [-0.2, 0) is 6.67 Å². The van der Waals surface area contributed by atoms with Gasteiger partial charge in [0.2, 0.25) is 0 Å². The van der Waals surface area contributed by atoms with Crippen molar-refractivity contribution in [3.8, 4) is 11.5 Å². The molecule has 0 unspecified atom stereocenters. The van der Waals surface area contributed by atoms with E-state index in [2.05, 4.69) is 10.1 Å². The fraction of sp³-hybridized carbons (Fsp3) is 0.200. The van der Waals surface area contributed by atoms with Gasteiger partial charge in [-0.25, -0.2) is 4.39 Å². The molecule has 0 saturated heterocycles. The Morgan fingerprint density at radius 3 is 2.50 bits per heavy atom. The summed E-state index contributed by atoms with van der Waals surface area (Å²) in [6, 6.07) is 6.94. The van der Waals surface area contributed by atoms with Gasteiger partial charge in [0.1, 0.15) is 6.67 Å². The highest BCUT2D eigenvalue weighted by atomic mass is 19.1. The maximum absolute atomic E-state index is 12.2. The molecule has 2 rings (SSSR count). The molecule has 1 aromatic heterocycles. The molecule has 0 atom stereocenters. The summed E-state index contributed by atoms with van der Waals surface area (Å²) in [4.78, 5) is 4.06. The summed E-state index contributed by atoms with van der Waals surface area (Å²) in [5.74, 6) is 1.06. The molecule has 3 nitrogen and oxygen atoms in total. The lowest BCUT2D eigenvalue weighted by atomic mass is 10.1. The van der Waals surface area contributed by atoms with Crippen LogP contribution in [0.5, 0.6) is 0 Å². The Morgan fingerprint density at radius 2 is 2.00 bits per heavy atom. The van der Waals surface area contributed by atoms with Crippen molar-refractivity contribution in [2.75, 3.05) is 0 Å². The van der Waals surface area contributed by atoms with Crippen LogP contribution >= 0.6 is 0 Å². The molecule has 0 amide bonds. The zero-order valence-corrected chi connectivity index (χ0v) is 7.70. The highest BCUT2D eigenvalue weighted by Crippen LogP contribution is 2.17. The third-order valence-corrected chi connectivity index (χ3v) is 1.88. The number of aromatic nitrogens is 2. The first kappa shape index (κ1) is 8.87. The maximum Gasteiger partial charge on any atom is 0.257 e. The summed E-state index contributed by atoms with van der Waals surface area (Å²) in [6.45, 7) is 1.30. The minimum atomic E-state index is -0.455. The van der Waals surface area contributed by atoms with E-state index in [-0.39, 0.29) is 0 Å². The lowest BCUT2D eigenvalue weighted by Crippen LogP contribution is -1.81. The Morgan fingerprint density at radius 1 is 1.29 bits per heavy atom. The number of aryl methyl sites for hydroxylation is 1. The summed E-state index contributed by atoms with van der Waals surface area (Å²) in [5, 5.41) is 3.68. The van der Waals surface area contributed by atoms with E-state index in [0.717, 1.165) is 5.56 Å². The van der Waals surface area contributed by atoms with Crippen molar-refractivity contribution < 1.29 is 8.91 Å².